The third-order valence-corrected chi connectivity index (χ3v) is 4.51. The number of oxazole rings is 1. The number of rotatable bonds is 5. The zero-order valence-corrected chi connectivity index (χ0v) is 15.8. The molecule has 140 valence electrons. The maximum absolute atomic E-state index is 12.3. The van der Waals surface area contributed by atoms with Crippen molar-refractivity contribution in [3.05, 3.63) is 29.9 Å². The van der Waals surface area contributed by atoms with Crippen LogP contribution in [0.15, 0.2) is 27.2 Å². The maximum Gasteiger partial charge on any atom is 0.263 e. The molecule has 0 radical (unpaired) electrons. The average Bonchev–Trinajstić information content (AvgIpc) is 3.18. The van der Waals surface area contributed by atoms with Crippen LogP contribution in [0.25, 0.3) is 11.7 Å². The molecule has 0 aliphatic heterocycles. The SMILES string of the molecule is Cc1oc(-c2ccco2)nc1CC(=O)NC1CCCCC1CN.Cl.Cl. The van der Waals surface area contributed by atoms with Crippen LogP contribution >= 0.6 is 24.8 Å². The van der Waals surface area contributed by atoms with Crippen LogP contribution in [-0.2, 0) is 11.2 Å². The Morgan fingerprint density at radius 3 is 2.80 bits per heavy atom. The van der Waals surface area contributed by atoms with E-state index in [0.29, 0.717) is 35.6 Å². The van der Waals surface area contributed by atoms with Crippen LogP contribution in [0.1, 0.15) is 37.1 Å². The molecule has 0 bridgehead atoms. The number of hydrogen-bond donors (Lipinski definition) is 2. The summed E-state index contributed by atoms with van der Waals surface area (Å²) in [6.07, 6.45) is 6.22. The molecule has 0 spiro atoms. The van der Waals surface area contributed by atoms with E-state index in [1.165, 1.54) is 6.42 Å². The first-order valence-corrected chi connectivity index (χ1v) is 8.17. The fourth-order valence-electron chi connectivity index (χ4n) is 3.19. The Balaban J connectivity index is 0.00000156. The molecule has 3 N–H and O–H groups in total. The Labute approximate surface area is 159 Å². The smallest absolute Gasteiger partial charge is 0.263 e. The van der Waals surface area contributed by atoms with Crippen LogP contribution < -0.4 is 11.1 Å². The molecule has 1 amide bonds. The lowest BCUT2D eigenvalue weighted by molar-refractivity contribution is -0.121. The molecule has 25 heavy (non-hydrogen) atoms. The van der Waals surface area contributed by atoms with Crippen molar-refractivity contribution in [2.45, 2.75) is 45.1 Å². The van der Waals surface area contributed by atoms with Gasteiger partial charge in [-0.25, -0.2) is 4.98 Å². The zero-order valence-electron chi connectivity index (χ0n) is 14.2. The largest absolute Gasteiger partial charge is 0.459 e. The monoisotopic (exact) mass is 389 g/mol. The number of halogens is 2. The van der Waals surface area contributed by atoms with E-state index in [9.17, 15) is 4.79 Å². The van der Waals surface area contributed by atoms with E-state index in [1.54, 1.807) is 18.4 Å². The fourth-order valence-corrected chi connectivity index (χ4v) is 3.19. The van der Waals surface area contributed by atoms with Gasteiger partial charge in [0.2, 0.25) is 5.91 Å². The van der Waals surface area contributed by atoms with Gasteiger partial charge < -0.3 is 19.9 Å². The van der Waals surface area contributed by atoms with Crippen molar-refractivity contribution in [2.24, 2.45) is 11.7 Å². The Bertz CT molecular complexity index is 658. The summed E-state index contributed by atoms with van der Waals surface area (Å²) in [6, 6.07) is 3.73. The molecule has 2 heterocycles. The molecule has 6 nitrogen and oxygen atoms in total. The maximum atomic E-state index is 12.3. The summed E-state index contributed by atoms with van der Waals surface area (Å²) in [4.78, 5) is 16.7. The summed E-state index contributed by atoms with van der Waals surface area (Å²) in [6.45, 7) is 2.43. The second-order valence-corrected chi connectivity index (χ2v) is 6.13. The molecule has 8 heteroatoms. The van der Waals surface area contributed by atoms with Gasteiger partial charge in [0.1, 0.15) is 5.76 Å². The number of nitrogens with two attached hydrogens (primary N) is 1. The summed E-state index contributed by atoms with van der Waals surface area (Å²) in [5, 5.41) is 3.12. The second kappa shape index (κ2) is 9.85. The number of aromatic nitrogens is 1. The van der Waals surface area contributed by atoms with Crippen LogP contribution in [0.2, 0.25) is 0 Å². The highest BCUT2D eigenvalue weighted by atomic mass is 35.5. The van der Waals surface area contributed by atoms with Gasteiger partial charge in [0.25, 0.3) is 5.89 Å². The topological polar surface area (TPSA) is 94.3 Å². The first-order valence-electron chi connectivity index (χ1n) is 8.17. The number of carbonyl (C=O) groups excluding carboxylic acids is 1. The standard InChI is InChI=1S/C17H23N3O3.2ClH/c1-11-14(20-17(23-11)15-7-4-8-22-15)9-16(21)19-13-6-3-2-5-12(13)10-18;;/h4,7-8,12-13H,2-3,5-6,9-10,18H2,1H3,(H,19,21);2*1H. The van der Waals surface area contributed by atoms with Crippen LogP contribution in [0.4, 0.5) is 0 Å². The van der Waals surface area contributed by atoms with E-state index in [-0.39, 0.29) is 43.2 Å². The highest BCUT2D eigenvalue weighted by molar-refractivity contribution is 5.85. The normalized spacial score (nSPS) is 19.6. The minimum absolute atomic E-state index is 0. The summed E-state index contributed by atoms with van der Waals surface area (Å²) in [5.74, 6) is 1.97. The lowest BCUT2D eigenvalue weighted by Gasteiger charge is -2.31. The third kappa shape index (κ3) is 5.23. The highest BCUT2D eigenvalue weighted by Gasteiger charge is 2.26. The number of hydrogen-bond acceptors (Lipinski definition) is 5. The number of furan rings is 1. The van der Waals surface area contributed by atoms with Gasteiger partial charge in [-0.2, -0.15) is 0 Å². The Hall–Kier alpha value is -1.50. The quantitative estimate of drug-likeness (QED) is 0.817. The van der Waals surface area contributed by atoms with Gasteiger partial charge in [0.15, 0.2) is 5.76 Å². The molecule has 0 aromatic carbocycles. The van der Waals surface area contributed by atoms with Crippen LogP contribution in [0.5, 0.6) is 0 Å². The number of aryl methyl sites for hydroxylation is 1. The third-order valence-electron chi connectivity index (χ3n) is 4.51. The molecular weight excluding hydrogens is 365 g/mol. The van der Waals surface area contributed by atoms with Crippen molar-refractivity contribution in [2.75, 3.05) is 6.54 Å². The van der Waals surface area contributed by atoms with Gasteiger partial charge in [0, 0.05) is 6.04 Å². The zero-order chi connectivity index (χ0) is 16.2. The first kappa shape index (κ1) is 21.5. The lowest BCUT2D eigenvalue weighted by atomic mass is 9.84. The summed E-state index contributed by atoms with van der Waals surface area (Å²) in [5.41, 5.74) is 6.46. The van der Waals surface area contributed by atoms with E-state index >= 15 is 0 Å². The predicted octanol–water partition coefficient (Wildman–Crippen LogP) is 3.26. The number of amides is 1. The van der Waals surface area contributed by atoms with Gasteiger partial charge in [-0.1, -0.05) is 12.8 Å². The van der Waals surface area contributed by atoms with Crippen molar-refractivity contribution in [1.29, 1.82) is 0 Å². The van der Waals surface area contributed by atoms with E-state index in [0.717, 1.165) is 19.3 Å². The highest BCUT2D eigenvalue weighted by Crippen LogP contribution is 2.24. The number of nitrogens with zero attached hydrogens (tertiary/aromatic N) is 1. The minimum atomic E-state index is -0.0299. The van der Waals surface area contributed by atoms with E-state index in [4.69, 9.17) is 14.6 Å². The summed E-state index contributed by atoms with van der Waals surface area (Å²) in [7, 11) is 0. The van der Waals surface area contributed by atoms with Gasteiger partial charge in [-0.05, 0) is 44.4 Å². The van der Waals surface area contributed by atoms with Crippen LogP contribution in [0, 0.1) is 12.8 Å². The van der Waals surface area contributed by atoms with Crippen molar-refractivity contribution in [3.8, 4) is 11.7 Å². The Kier molecular flexibility index (Phi) is 8.48. The van der Waals surface area contributed by atoms with Gasteiger partial charge >= 0.3 is 0 Å². The molecule has 2 unspecified atom stereocenters. The summed E-state index contributed by atoms with van der Waals surface area (Å²) >= 11 is 0. The predicted molar refractivity (Wildman–Crippen MR) is 100 cm³/mol. The molecule has 1 aliphatic carbocycles. The van der Waals surface area contributed by atoms with Crippen molar-refractivity contribution in [3.63, 3.8) is 0 Å². The molecule has 2 aromatic heterocycles. The lowest BCUT2D eigenvalue weighted by Crippen LogP contribution is -2.45. The molecule has 1 saturated carbocycles. The van der Waals surface area contributed by atoms with Crippen molar-refractivity contribution in [1.82, 2.24) is 10.3 Å². The molecule has 3 rings (SSSR count). The van der Waals surface area contributed by atoms with E-state index < -0.39 is 0 Å². The number of nitrogens with one attached hydrogen (secondary N) is 1. The van der Waals surface area contributed by atoms with Gasteiger partial charge in [-0.3, -0.25) is 4.79 Å². The van der Waals surface area contributed by atoms with Crippen molar-refractivity contribution >= 4 is 30.7 Å². The first-order chi connectivity index (χ1) is 11.2. The number of carbonyl (C=O) groups is 1. The van der Waals surface area contributed by atoms with E-state index in [2.05, 4.69) is 10.3 Å². The molecule has 2 aromatic rings. The average molecular weight is 390 g/mol. The molecule has 1 fully saturated rings. The van der Waals surface area contributed by atoms with E-state index in [1.807, 2.05) is 6.92 Å². The van der Waals surface area contributed by atoms with Gasteiger partial charge in [0.05, 0.1) is 18.4 Å². The molecule has 0 saturated heterocycles. The van der Waals surface area contributed by atoms with Crippen molar-refractivity contribution < 1.29 is 13.6 Å². The minimum Gasteiger partial charge on any atom is -0.459 e. The fraction of sp³-hybridized carbons (Fsp3) is 0.529. The van der Waals surface area contributed by atoms with Gasteiger partial charge in [-0.15, -0.1) is 24.8 Å². The second-order valence-electron chi connectivity index (χ2n) is 6.13. The Morgan fingerprint density at radius 1 is 1.36 bits per heavy atom. The van der Waals surface area contributed by atoms with Crippen LogP contribution in [-0.4, -0.2) is 23.5 Å². The Morgan fingerprint density at radius 2 is 2.12 bits per heavy atom. The molecular formula is C17H25Cl2N3O3. The summed E-state index contributed by atoms with van der Waals surface area (Å²) < 4.78 is 10.9. The molecule has 1 aliphatic rings. The van der Waals surface area contributed by atoms with Crippen LogP contribution in [0.3, 0.4) is 0 Å². The molecule has 2 atom stereocenters.